The lowest BCUT2D eigenvalue weighted by Gasteiger charge is -2.11. The van der Waals surface area contributed by atoms with Crippen molar-refractivity contribution in [3.63, 3.8) is 0 Å². The first-order valence-corrected chi connectivity index (χ1v) is 7.98. The van der Waals surface area contributed by atoms with Crippen LogP contribution in [-0.4, -0.2) is 40.5 Å². The molecule has 0 aliphatic heterocycles. The van der Waals surface area contributed by atoms with Crippen molar-refractivity contribution in [1.82, 2.24) is 9.62 Å². The Bertz CT molecular complexity index is 532. The van der Waals surface area contributed by atoms with E-state index in [1.54, 1.807) is 0 Å². The Balaban J connectivity index is 2.64. The number of sulfonamides is 1. The normalized spacial score (nSPS) is 12.1. The van der Waals surface area contributed by atoms with E-state index in [2.05, 4.69) is 4.72 Å². The van der Waals surface area contributed by atoms with Gasteiger partial charge in [0.15, 0.2) is 0 Å². The average Bonchev–Trinajstić information content (AvgIpc) is 2.38. The third-order valence-corrected chi connectivity index (χ3v) is 4.32. The topological polar surface area (TPSA) is 75.4 Å². The molecule has 0 amide bonds. The molecule has 0 saturated heterocycles. The summed E-state index contributed by atoms with van der Waals surface area (Å²) in [6.45, 7) is 1.35. The number of unbranched alkanes of at least 4 members (excludes halogenated alkanes) is 1. The Morgan fingerprint density at radius 1 is 1.30 bits per heavy atom. The first-order valence-electron chi connectivity index (χ1n) is 6.49. The molecule has 5 nitrogen and oxygen atoms in total. The van der Waals surface area contributed by atoms with E-state index in [0.29, 0.717) is 18.5 Å². The Kier molecular flexibility index (Phi) is 6.54. The highest BCUT2D eigenvalue weighted by Gasteiger charge is 2.18. The monoisotopic (exact) mass is 303 g/mol. The van der Waals surface area contributed by atoms with Gasteiger partial charge < -0.3 is 10.6 Å². The minimum Gasteiger partial charge on any atom is -0.326 e. The molecule has 0 atom stereocenters. The number of nitrogens with two attached hydrogens (primary N) is 1. The molecule has 0 spiro atoms. The van der Waals surface area contributed by atoms with Gasteiger partial charge in [-0.1, -0.05) is 6.07 Å². The van der Waals surface area contributed by atoms with Crippen molar-refractivity contribution in [2.45, 2.75) is 24.3 Å². The van der Waals surface area contributed by atoms with Gasteiger partial charge >= 0.3 is 0 Å². The molecule has 0 bridgehead atoms. The summed E-state index contributed by atoms with van der Waals surface area (Å²) in [5.74, 6) is -0.761. The number of nitrogens with zero attached hydrogens (tertiary/aromatic N) is 1. The average molecular weight is 303 g/mol. The zero-order valence-corrected chi connectivity index (χ0v) is 12.7. The molecule has 3 N–H and O–H groups in total. The van der Waals surface area contributed by atoms with Crippen molar-refractivity contribution in [1.29, 1.82) is 0 Å². The summed E-state index contributed by atoms with van der Waals surface area (Å²) >= 11 is 0. The predicted octanol–water partition coefficient (Wildman–Crippen LogP) is 0.904. The summed E-state index contributed by atoms with van der Waals surface area (Å²) in [6, 6.07) is 3.88. The van der Waals surface area contributed by atoms with Crippen LogP contribution in [0.25, 0.3) is 0 Å². The lowest BCUT2D eigenvalue weighted by Crippen LogP contribution is -2.26. The lowest BCUT2D eigenvalue weighted by atomic mass is 10.2. The van der Waals surface area contributed by atoms with Gasteiger partial charge in [0.2, 0.25) is 10.0 Å². The molecule has 0 aliphatic rings. The van der Waals surface area contributed by atoms with Crippen LogP contribution in [0, 0.1) is 5.82 Å². The molecular formula is C13H22FN3O2S. The third-order valence-electron chi connectivity index (χ3n) is 2.85. The number of rotatable bonds is 8. The van der Waals surface area contributed by atoms with Crippen LogP contribution in [0.3, 0.4) is 0 Å². The van der Waals surface area contributed by atoms with Gasteiger partial charge in [-0.3, -0.25) is 0 Å². The minimum absolute atomic E-state index is 0.172. The molecule has 7 heteroatoms. The summed E-state index contributed by atoms with van der Waals surface area (Å²) in [5, 5.41) is 0. The van der Waals surface area contributed by atoms with Gasteiger partial charge in [-0.2, -0.15) is 0 Å². The van der Waals surface area contributed by atoms with Crippen LogP contribution in [0.4, 0.5) is 4.39 Å². The van der Waals surface area contributed by atoms with Gasteiger partial charge in [-0.15, -0.1) is 0 Å². The van der Waals surface area contributed by atoms with E-state index in [0.717, 1.165) is 19.0 Å². The van der Waals surface area contributed by atoms with E-state index >= 15 is 0 Å². The largest absolute Gasteiger partial charge is 0.326 e. The molecule has 20 heavy (non-hydrogen) atoms. The van der Waals surface area contributed by atoms with E-state index < -0.39 is 15.8 Å². The predicted molar refractivity (Wildman–Crippen MR) is 77.3 cm³/mol. The van der Waals surface area contributed by atoms with Crippen LogP contribution >= 0.6 is 0 Å². The first kappa shape index (κ1) is 17.0. The van der Waals surface area contributed by atoms with Gasteiger partial charge in [0.1, 0.15) is 10.7 Å². The number of halogens is 1. The number of nitrogens with one attached hydrogen (secondary N) is 1. The number of benzene rings is 1. The SMILES string of the molecule is CN(C)CCCCNS(=O)(=O)c1cc(CN)ccc1F. The van der Waals surface area contributed by atoms with Crippen LogP contribution in [0.5, 0.6) is 0 Å². The Labute approximate surface area is 120 Å². The maximum Gasteiger partial charge on any atom is 0.243 e. The fourth-order valence-corrected chi connectivity index (χ4v) is 2.92. The van der Waals surface area contributed by atoms with E-state index in [9.17, 15) is 12.8 Å². The smallest absolute Gasteiger partial charge is 0.243 e. The summed E-state index contributed by atoms with van der Waals surface area (Å²) < 4.78 is 40.1. The molecule has 1 aromatic rings. The Morgan fingerprint density at radius 3 is 2.60 bits per heavy atom. The second kappa shape index (κ2) is 7.68. The van der Waals surface area contributed by atoms with Crippen molar-refractivity contribution in [3.8, 4) is 0 Å². The van der Waals surface area contributed by atoms with Crippen molar-refractivity contribution in [2.75, 3.05) is 27.2 Å². The molecule has 0 saturated carbocycles. The molecular weight excluding hydrogens is 281 g/mol. The van der Waals surface area contributed by atoms with E-state index in [4.69, 9.17) is 5.73 Å². The van der Waals surface area contributed by atoms with E-state index in [1.165, 1.54) is 12.1 Å². The molecule has 0 aromatic heterocycles. The van der Waals surface area contributed by atoms with Gasteiger partial charge in [0.05, 0.1) is 0 Å². The maximum absolute atomic E-state index is 13.6. The highest BCUT2D eigenvalue weighted by molar-refractivity contribution is 7.89. The molecule has 0 fully saturated rings. The maximum atomic E-state index is 13.6. The van der Waals surface area contributed by atoms with E-state index in [1.807, 2.05) is 19.0 Å². The highest BCUT2D eigenvalue weighted by atomic mass is 32.2. The second-order valence-corrected chi connectivity index (χ2v) is 6.61. The summed E-state index contributed by atoms with van der Waals surface area (Å²) in [7, 11) is 0.0940. The van der Waals surface area contributed by atoms with Gasteiger partial charge in [0.25, 0.3) is 0 Å². The first-order chi connectivity index (χ1) is 9.36. The summed E-state index contributed by atoms with van der Waals surface area (Å²) in [6.07, 6.45) is 1.58. The molecule has 0 radical (unpaired) electrons. The summed E-state index contributed by atoms with van der Waals surface area (Å²) in [5.41, 5.74) is 6.02. The minimum atomic E-state index is -3.82. The fourth-order valence-electron chi connectivity index (χ4n) is 1.72. The zero-order chi connectivity index (χ0) is 15.2. The van der Waals surface area contributed by atoms with Crippen molar-refractivity contribution < 1.29 is 12.8 Å². The Morgan fingerprint density at radius 2 is 2.00 bits per heavy atom. The van der Waals surface area contributed by atoms with Crippen LogP contribution in [0.2, 0.25) is 0 Å². The standard InChI is InChI=1S/C13H22FN3O2S/c1-17(2)8-4-3-7-16-20(18,19)13-9-11(10-15)5-6-12(13)14/h5-6,9,16H,3-4,7-8,10,15H2,1-2H3. The van der Waals surface area contributed by atoms with E-state index in [-0.39, 0.29) is 11.4 Å². The third kappa shape index (κ3) is 5.16. The molecule has 0 unspecified atom stereocenters. The summed E-state index contributed by atoms with van der Waals surface area (Å²) in [4.78, 5) is 1.69. The van der Waals surface area contributed by atoms with Gasteiger partial charge in [-0.05, 0) is 51.2 Å². The van der Waals surface area contributed by atoms with Gasteiger partial charge in [-0.25, -0.2) is 17.5 Å². The van der Waals surface area contributed by atoms with Crippen molar-refractivity contribution in [3.05, 3.63) is 29.6 Å². The lowest BCUT2D eigenvalue weighted by molar-refractivity contribution is 0.394. The quantitative estimate of drug-likeness (QED) is 0.700. The van der Waals surface area contributed by atoms with Crippen molar-refractivity contribution in [2.24, 2.45) is 5.73 Å². The number of hydrogen-bond acceptors (Lipinski definition) is 4. The van der Waals surface area contributed by atoms with Crippen LogP contribution < -0.4 is 10.5 Å². The highest BCUT2D eigenvalue weighted by Crippen LogP contribution is 2.16. The van der Waals surface area contributed by atoms with Crippen LogP contribution in [0.15, 0.2) is 23.1 Å². The Hall–Kier alpha value is -1.02. The number of hydrogen-bond donors (Lipinski definition) is 2. The molecule has 0 heterocycles. The zero-order valence-electron chi connectivity index (χ0n) is 11.9. The molecule has 1 aromatic carbocycles. The molecule has 1 rings (SSSR count). The van der Waals surface area contributed by atoms with Gasteiger partial charge in [0, 0.05) is 13.1 Å². The molecule has 0 aliphatic carbocycles. The second-order valence-electron chi connectivity index (χ2n) is 4.88. The van der Waals surface area contributed by atoms with Crippen LogP contribution in [-0.2, 0) is 16.6 Å². The van der Waals surface area contributed by atoms with Crippen LogP contribution in [0.1, 0.15) is 18.4 Å². The van der Waals surface area contributed by atoms with Crippen molar-refractivity contribution >= 4 is 10.0 Å². The fraction of sp³-hybridized carbons (Fsp3) is 0.538. The molecule has 114 valence electrons.